The average molecular weight is 417 g/mol. The zero-order chi connectivity index (χ0) is 20.6. The van der Waals surface area contributed by atoms with Gasteiger partial charge in [-0.1, -0.05) is 6.07 Å². The van der Waals surface area contributed by atoms with E-state index >= 15 is 0 Å². The number of halogens is 3. The number of amides is 1. The summed E-state index contributed by atoms with van der Waals surface area (Å²) in [4.78, 5) is 32.4. The molecule has 10 heteroatoms. The fourth-order valence-corrected chi connectivity index (χ4v) is 3.29. The zero-order valence-corrected chi connectivity index (χ0v) is 15.2. The largest absolute Gasteiger partial charge is 0.454 e. The van der Waals surface area contributed by atoms with Crippen molar-refractivity contribution in [3.63, 3.8) is 0 Å². The predicted octanol–water partition coefficient (Wildman–Crippen LogP) is 4.58. The predicted molar refractivity (Wildman–Crippen MR) is 101 cm³/mol. The second kappa shape index (κ2) is 7.13. The van der Waals surface area contributed by atoms with Gasteiger partial charge in [0.2, 0.25) is 0 Å². The molecule has 0 unspecified atom stereocenters. The van der Waals surface area contributed by atoms with Crippen LogP contribution in [0.2, 0.25) is 0 Å². The Labute approximate surface area is 164 Å². The van der Waals surface area contributed by atoms with Gasteiger partial charge in [-0.2, -0.15) is 13.2 Å². The fraction of sp³-hybridized carbons (Fsp3) is 0.0526. The molecule has 0 aliphatic heterocycles. The number of nitrogens with one attached hydrogen (secondary N) is 1. The van der Waals surface area contributed by atoms with E-state index in [-0.39, 0.29) is 33.7 Å². The maximum absolute atomic E-state index is 13.3. The molecule has 0 spiro atoms. The molecule has 4 aromatic rings. The quantitative estimate of drug-likeness (QED) is 0.527. The lowest BCUT2D eigenvalue weighted by Gasteiger charge is -2.13. The van der Waals surface area contributed by atoms with Gasteiger partial charge in [-0.3, -0.25) is 14.6 Å². The van der Waals surface area contributed by atoms with Gasteiger partial charge in [0.1, 0.15) is 11.5 Å². The van der Waals surface area contributed by atoms with E-state index in [1.807, 2.05) is 0 Å². The van der Waals surface area contributed by atoms with Crippen LogP contribution in [0.25, 0.3) is 22.3 Å². The van der Waals surface area contributed by atoms with Crippen molar-refractivity contribution >= 4 is 33.9 Å². The molecule has 0 fully saturated rings. The molecular weight excluding hydrogens is 407 g/mol. The lowest BCUT2D eigenvalue weighted by Crippen LogP contribution is -2.13. The summed E-state index contributed by atoms with van der Waals surface area (Å²) in [5.41, 5.74) is -0.177. The third-order valence-corrected chi connectivity index (χ3v) is 4.65. The zero-order valence-electron chi connectivity index (χ0n) is 14.4. The smallest absolute Gasteiger partial charge is 0.417 e. The highest BCUT2D eigenvalue weighted by Crippen LogP contribution is 2.37. The molecule has 4 rings (SSSR count). The van der Waals surface area contributed by atoms with Crippen LogP contribution in [0.5, 0.6) is 0 Å². The van der Waals surface area contributed by atoms with Crippen molar-refractivity contribution in [3.8, 4) is 11.3 Å². The van der Waals surface area contributed by atoms with Crippen molar-refractivity contribution in [2.75, 3.05) is 5.32 Å². The van der Waals surface area contributed by atoms with Gasteiger partial charge in [0.15, 0.2) is 11.0 Å². The molecule has 0 atom stereocenters. The summed E-state index contributed by atoms with van der Waals surface area (Å²) in [5.74, 6) is -0.845. The number of pyridine rings is 1. The minimum absolute atomic E-state index is 0.0458. The summed E-state index contributed by atoms with van der Waals surface area (Å²) in [6, 6.07) is 6.24. The van der Waals surface area contributed by atoms with E-state index in [0.29, 0.717) is 0 Å². The van der Waals surface area contributed by atoms with E-state index in [2.05, 4.69) is 15.3 Å². The van der Waals surface area contributed by atoms with E-state index < -0.39 is 23.1 Å². The lowest BCUT2D eigenvalue weighted by atomic mass is 10.1. The monoisotopic (exact) mass is 417 g/mol. The van der Waals surface area contributed by atoms with Crippen LogP contribution in [0.4, 0.5) is 18.9 Å². The lowest BCUT2D eigenvalue weighted by molar-refractivity contribution is -0.137. The number of para-hydroxylation sites is 1. The van der Waals surface area contributed by atoms with Crippen LogP contribution < -0.4 is 10.7 Å². The van der Waals surface area contributed by atoms with Crippen LogP contribution >= 0.6 is 11.3 Å². The molecule has 6 nitrogen and oxygen atoms in total. The number of hydrogen-bond donors (Lipinski definition) is 1. The maximum Gasteiger partial charge on any atom is 0.417 e. The van der Waals surface area contributed by atoms with Crippen molar-refractivity contribution in [1.82, 2.24) is 9.97 Å². The highest BCUT2D eigenvalue weighted by atomic mass is 32.1. The summed E-state index contributed by atoms with van der Waals surface area (Å²) in [6.07, 6.45) is -2.68. The van der Waals surface area contributed by atoms with Crippen LogP contribution in [0.3, 0.4) is 0 Å². The number of hydrogen-bond acceptors (Lipinski definition) is 6. The van der Waals surface area contributed by atoms with Gasteiger partial charge in [0, 0.05) is 29.4 Å². The van der Waals surface area contributed by atoms with Gasteiger partial charge >= 0.3 is 6.18 Å². The molecule has 3 heterocycles. The van der Waals surface area contributed by atoms with E-state index in [9.17, 15) is 22.8 Å². The second-order valence-electron chi connectivity index (χ2n) is 5.90. The number of rotatable bonds is 3. The average Bonchev–Trinajstić information content (AvgIpc) is 3.23. The van der Waals surface area contributed by atoms with Crippen LogP contribution in [0.15, 0.2) is 62.8 Å². The van der Waals surface area contributed by atoms with Crippen molar-refractivity contribution in [1.29, 1.82) is 0 Å². The normalized spacial score (nSPS) is 11.6. The van der Waals surface area contributed by atoms with Crippen LogP contribution in [-0.2, 0) is 6.18 Å². The fourth-order valence-electron chi connectivity index (χ4n) is 2.76. The third kappa shape index (κ3) is 3.61. The number of thiazole rings is 1. The first-order valence-corrected chi connectivity index (χ1v) is 9.07. The number of fused-ring (bicyclic) bond motifs is 1. The van der Waals surface area contributed by atoms with E-state index in [0.717, 1.165) is 24.5 Å². The molecule has 146 valence electrons. The first-order valence-electron chi connectivity index (χ1n) is 8.12. The molecular formula is C19H10F3N3O3S. The topological polar surface area (TPSA) is 85.1 Å². The number of benzene rings is 1. The summed E-state index contributed by atoms with van der Waals surface area (Å²) in [5, 5.41) is 4.22. The van der Waals surface area contributed by atoms with Crippen molar-refractivity contribution in [2.24, 2.45) is 0 Å². The van der Waals surface area contributed by atoms with Crippen molar-refractivity contribution < 1.29 is 22.4 Å². The van der Waals surface area contributed by atoms with Gasteiger partial charge in [-0.05, 0) is 18.2 Å². The first-order chi connectivity index (χ1) is 13.8. The maximum atomic E-state index is 13.3. The van der Waals surface area contributed by atoms with E-state index in [1.54, 1.807) is 0 Å². The van der Waals surface area contributed by atoms with Gasteiger partial charge in [-0.15, -0.1) is 11.3 Å². The van der Waals surface area contributed by atoms with Gasteiger partial charge in [0.05, 0.1) is 22.1 Å². The number of anilines is 1. The summed E-state index contributed by atoms with van der Waals surface area (Å²) in [7, 11) is 0. The van der Waals surface area contributed by atoms with Crippen molar-refractivity contribution in [3.05, 3.63) is 75.1 Å². The Morgan fingerprint density at radius 2 is 2.03 bits per heavy atom. The molecule has 0 aliphatic rings. The summed E-state index contributed by atoms with van der Waals surface area (Å²) in [6.45, 7) is 0. The second-order valence-corrected chi connectivity index (χ2v) is 6.62. The molecule has 1 N–H and O–H groups in total. The number of aromatic nitrogens is 2. The SMILES string of the molecule is O=C(Nc1cccc2c(=O)cc(-c3cnccc3C(F)(F)F)oc12)c1cscn1. The number of alkyl halides is 3. The standard InChI is InChI=1S/C19H10F3N3O3S/c20-19(21,22)12-4-5-23-7-11(12)16-6-15(26)10-2-1-3-13(17(10)28-16)25-18(27)14-8-29-9-24-14/h1-9H,(H,25,27). The van der Waals surface area contributed by atoms with Gasteiger partial charge < -0.3 is 9.73 Å². The first kappa shape index (κ1) is 18.8. The molecule has 0 radical (unpaired) electrons. The highest BCUT2D eigenvalue weighted by Gasteiger charge is 2.34. The van der Waals surface area contributed by atoms with Crippen LogP contribution in [0.1, 0.15) is 16.1 Å². The Kier molecular flexibility index (Phi) is 4.63. The molecule has 0 saturated heterocycles. The molecule has 0 aliphatic carbocycles. The minimum Gasteiger partial charge on any atom is -0.454 e. The molecule has 0 saturated carbocycles. The minimum atomic E-state index is -4.66. The van der Waals surface area contributed by atoms with E-state index in [1.165, 1.54) is 40.4 Å². The number of carbonyl (C=O) groups is 1. The summed E-state index contributed by atoms with van der Waals surface area (Å²) < 4.78 is 45.7. The highest BCUT2D eigenvalue weighted by molar-refractivity contribution is 7.07. The summed E-state index contributed by atoms with van der Waals surface area (Å²) >= 11 is 1.23. The Hall–Kier alpha value is -3.53. The molecule has 3 aromatic heterocycles. The Morgan fingerprint density at radius 3 is 2.76 bits per heavy atom. The number of nitrogens with zero attached hydrogens (tertiary/aromatic N) is 2. The third-order valence-electron chi connectivity index (χ3n) is 4.06. The van der Waals surface area contributed by atoms with Crippen LogP contribution in [-0.4, -0.2) is 15.9 Å². The Balaban J connectivity index is 1.87. The van der Waals surface area contributed by atoms with Crippen LogP contribution in [0, 0.1) is 0 Å². The van der Waals surface area contributed by atoms with E-state index in [4.69, 9.17) is 4.42 Å². The molecule has 0 bridgehead atoms. The van der Waals surface area contributed by atoms with Gasteiger partial charge in [0.25, 0.3) is 5.91 Å². The molecule has 1 amide bonds. The van der Waals surface area contributed by atoms with Crippen molar-refractivity contribution in [2.45, 2.75) is 6.18 Å². The molecule has 29 heavy (non-hydrogen) atoms. The number of carbonyl (C=O) groups excluding carboxylic acids is 1. The Bertz CT molecular complexity index is 1270. The Morgan fingerprint density at radius 1 is 1.21 bits per heavy atom. The molecule has 1 aromatic carbocycles. The van der Waals surface area contributed by atoms with Gasteiger partial charge in [-0.25, -0.2) is 4.98 Å².